The van der Waals surface area contributed by atoms with Crippen molar-refractivity contribution in [2.45, 2.75) is 57.5 Å². The van der Waals surface area contributed by atoms with Crippen molar-refractivity contribution in [2.24, 2.45) is 5.73 Å². The number of pyridine rings is 1. The molecular weight excluding hydrogens is 326 g/mol. The van der Waals surface area contributed by atoms with Crippen molar-refractivity contribution in [3.05, 3.63) is 48.3 Å². The summed E-state index contributed by atoms with van der Waals surface area (Å²) in [5.41, 5.74) is 7.28. The van der Waals surface area contributed by atoms with Crippen LogP contribution in [-0.2, 0) is 11.3 Å². The number of likely N-dealkylation sites (tertiary alicyclic amines) is 1. The summed E-state index contributed by atoms with van der Waals surface area (Å²) in [6.45, 7) is 4.46. The average Bonchev–Trinajstić information content (AvgIpc) is 3.14. The molecule has 6 heteroatoms. The standard InChI is InChI=1S/C20H29N5O/c1-2-3-4-18(21)20(26)24-12-7-17(8-13-24)19-23-11-14-25(19)15-16-5-9-22-10-6-16/h5-6,9-11,14,17-18H,2-4,7-8,12-13,15,21H2,1H3. The van der Waals surface area contributed by atoms with Gasteiger partial charge >= 0.3 is 0 Å². The third-order valence-corrected chi connectivity index (χ3v) is 5.21. The number of unbranched alkanes of at least 4 members (excludes halogenated alkanes) is 1. The summed E-state index contributed by atoms with van der Waals surface area (Å²) in [5.74, 6) is 1.61. The number of rotatable bonds is 7. The lowest BCUT2D eigenvalue weighted by Crippen LogP contribution is -2.47. The molecule has 2 N–H and O–H groups in total. The highest BCUT2D eigenvalue weighted by molar-refractivity contribution is 5.81. The van der Waals surface area contributed by atoms with Crippen LogP contribution >= 0.6 is 0 Å². The van der Waals surface area contributed by atoms with E-state index in [4.69, 9.17) is 5.73 Å². The Hall–Kier alpha value is -2.21. The Bertz CT molecular complexity index is 691. The Morgan fingerprint density at radius 3 is 2.69 bits per heavy atom. The minimum atomic E-state index is -0.347. The van der Waals surface area contributed by atoms with Crippen molar-refractivity contribution in [2.75, 3.05) is 13.1 Å². The van der Waals surface area contributed by atoms with Gasteiger partial charge < -0.3 is 15.2 Å². The molecule has 0 saturated carbocycles. The van der Waals surface area contributed by atoms with Gasteiger partial charge in [0.15, 0.2) is 0 Å². The van der Waals surface area contributed by atoms with Crippen molar-refractivity contribution in [1.29, 1.82) is 0 Å². The first-order valence-corrected chi connectivity index (χ1v) is 9.63. The minimum Gasteiger partial charge on any atom is -0.341 e. The number of nitrogens with zero attached hydrogens (tertiary/aromatic N) is 4. The number of carbonyl (C=O) groups excluding carboxylic acids is 1. The molecule has 3 rings (SSSR count). The second kappa shape index (κ2) is 8.94. The third kappa shape index (κ3) is 4.49. The Morgan fingerprint density at radius 1 is 1.27 bits per heavy atom. The summed E-state index contributed by atoms with van der Waals surface area (Å²) in [7, 11) is 0. The molecule has 1 fully saturated rings. The van der Waals surface area contributed by atoms with Crippen LogP contribution in [0.25, 0.3) is 0 Å². The monoisotopic (exact) mass is 355 g/mol. The van der Waals surface area contributed by atoms with Gasteiger partial charge in [-0.25, -0.2) is 4.98 Å². The first kappa shape index (κ1) is 18.6. The van der Waals surface area contributed by atoms with Gasteiger partial charge in [0.1, 0.15) is 5.82 Å². The van der Waals surface area contributed by atoms with Crippen LogP contribution in [0.4, 0.5) is 0 Å². The van der Waals surface area contributed by atoms with Crippen LogP contribution in [0.2, 0.25) is 0 Å². The summed E-state index contributed by atoms with van der Waals surface area (Å²) < 4.78 is 2.21. The van der Waals surface area contributed by atoms with Gasteiger partial charge in [-0.15, -0.1) is 0 Å². The van der Waals surface area contributed by atoms with E-state index in [0.29, 0.717) is 5.92 Å². The number of aromatic nitrogens is 3. The van der Waals surface area contributed by atoms with E-state index in [1.165, 1.54) is 5.56 Å². The summed E-state index contributed by atoms with van der Waals surface area (Å²) >= 11 is 0. The van der Waals surface area contributed by atoms with Gasteiger partial charge in [-0.2, -0.15) is 0 Å². The van der Waals surface area contributed by atoms with Gasteiger partial charge in [0.2, 0.25) is 5.91 Å². The number of amides is 1. The van der Waals surface area contributed by atoms with Gasteiger partial charge in [0, 0.05) is 50.3 Å². The number of hydrogen-bond donors (Lipinski definition) is 1. The number of imidazole rings is 1. The Balaban J connectivity index is 1.57. The van der Waals surface area contributed by atoms with E-state index < -0.39 is 0 Å². The molecule has 1 atom stereocenters. The predicted molar refractivity (Wildman–Crippen MR) is 102 cm³/mol. The van der Waals surface area contributed by atoms with Crippen molar-refractivity contribution >= 4 is 5.91 Å². The fraction of sp³-hybridized carbons (Fsp3) is 0.550. The molecule has 3 heterocycles. The topological polar surface area (TPSA) is 77.0 Å². The molecule has 26 heavy (non-hydrogen) atoms. The largest absolute Gasteiger partial charge is 0.341 e. The van der Waals surface area contributed by atoms with Crippen LogP contribution in [0.1, 0.15) is 56.3 Å². The van der Waals surface area contributed by atoms with Crippen molar-refractivity contribution in [3.63, 3.8) is 0 Å². The summed E-state index contributed by atoms with van der Waals surface area (Å²) in [6.07, 6.45) is 12.3. The zero-order chi connectivity index (χ0) is 18.4. The molecule has 0 bridgehead atoms. The van der Waals surface area contributed by atoms with Crippen LogP contribution in [0.3, 0.4) is 0 Å². The maximum atomic E-state index is 12.5. The molecular formula is C20H29N5O. The molecule has 1 amide bonds. The van der Waals surface area contributed by atoms with E-state index in [9.17, 15) is 4.79 Å². The lowest BCUT2D eigenvalue weighted by Gasteiger charge is -2.33. The normalized spacial score (nSPS) is 16.6. The Labute approximate surface area is 155 Å². The van der Waals surface area contributed by atoms with Crippen molar-refractivity contribution < 1.29 is 4.79 Å². The van der Waals surface area contributed by atoms with Gasteiger partial charge in [0.25, 0.3) is 0 Å². The zero-order valence-corrected chi connectivity index (χ0v) is 15.6. The third-order valence-electron chi connectivity index (χ3n) is 5.21. The smallest absolute Gasteiger partial charge is 0.239 e. The van der Waals surface area contributed by atoms with Crippen LogP contribution in [-0.4, -0.2) is 44.5 Å². The Morgan fingerprint density at radius 2 is 2.00 bits per heavy atom. The molecule has 0 aliphatic carbocycles. The maximum absolute atomic E-state index is 12.5. The number of carbonyl (C=O) groups is 1. The second-order valence-corrected chi connectivity index (χ2v) is 7.12. The van der Waals surface area contributed by atoms with Crippen LogP contribution < -0.4 is 5.73 Å². The fourth-order valence-corrected chi connectivity index (χ4v) is 3.64. The molecule has 0 radical (unpaired) electrons. The summed E-state index contributed by atoms with van der Waals surface area (Å²) in [5, 5.41) is 0. The molecule has 140 valence electrons. The van der Waals surface area contributed by atoms with Crippen LogP contribution in [0.15, 0.2) is 36.9 Å². The minimum absolute atomic E-state index is 0.108. The number of nitrogens with two attached hydrogens (primary N) is 1. The molecule has 1 unspecified atom stereocenters. The molecule has 2 aromatic rings. The van der Waals surface area contributed by atoms with Crippen molar-refractivity contribution in [1.82, 2.24) is 19.4 Å². The van der Waals surface area contributed by atoms with E-state index in [-0.39, 0.29) is 11.9 Å². The molecule has 6 nitrogen and oxygen atoms in total. The van der Waals surface area contributed by atoms with E-state index in [1.807, 2.05) is 41.8 Å². The lowest BCUT2D eigenvalue weighted by atomic mass is 9.95. The lowest BCUT2D eigenvalue weighted by molar-refractivity contribution is -0.133. The maximum Gasteiger partial charge on any atom is 0.239 e. The highest BCUT2D eigenvalue weighted by Gasteiger charge is 2.28. The molecule has 1 aliphatic heterocycles. The van der Waals surface area contributed by atoms with Crippen LogP contribution in [0.5, 0.6) is 0 Å². The van der Waals surface area contributed by atoms with Crippen molar-refractivity contribution in [3.8, 4) is 0 Å². The Kier molecular flexibility index (Phi) is 6.39. The molecule has 2 aromatic heterocycles. The summed E-state index contributed by atoms with van der Waals surface area (Å²) in [6, 6.07) is 3.71. The number of piperidine rings is 1. The molecule has 0 spiro atoms. The van der Waals surface area contributed by atoms with Gasteiger partial charge in [-0.05, 0) is 37.0 Å². The first-order chi connectivity index (χ1) is 12.7. The SMILES string of the molecule is CCCCC(N)C(=O)N1CCC(c2nccn2Cc2ccncc2)CC1. The van der Waals surface area contributed by atoms with E-state index in [1.54, 1.807) is 0 Å². The quantitative estimate of drug-likeness (QED) is 0.828. The highest BCUT2D eigenvalue weighted by Crippen LogP contribution is 2.27. The highest BCUT2D eigenvalue weighted by atomic mass is 16.2. The predicted octanol–water partition coefficient (Wildman–Crippen LogP) is 2.55. The zero-order valence-electron chi connectivity index (χ0n) is 15.6. The average molecular weight is 355 g/mol. The van der Waals surface area contributed by atoms with Crippen LogP contribution in [0, 0.1) is 0 Å². The van der Waals surface area contributed by atoms with E-state index in [0.717, 1.165) is 57.6 Å². The van der Waals surface area contributed by atoms with Gasteiger partial charge in [-0.3, -0.25) is 9.78 Å². The fourth-order valence-electron chi connectivity index (χ4n) is 3.64. The van der Waals surface area contributed by atoms with Gasteiger partial charge in [0.05, 0.1) is 6.04 Å². The van der Waals surface area contributed by atoms with E-state index >= 15 is 0 Å². The summed E-state index contributed by atoms with van der Waals surface area (Å²) in [4.78, 5) is 23.1. The molecule has 1 saturated heterocycles. The molecule has 0 aromatic carbocycles. The second-order valence-electron chi connectivity index (χ2n) is 7.12. The first-order valence-electron chi connectivity index (χ1n) is 9.63. The molecule has 1 aliphatic rings. The number of hydrogen-bond acceptors (Lipinski definition) is 4. The van der Waals surface area contributed by atoms with E-state index in [2.05, 4.69) is 21.5 Å². The van der Waals surface area contributed by atoms with Gasteiger partial charge in [-0.1, -0.05) is 19.8 Å².